The summed E-state index contributed by atoms with van der Waals surface area (Å²) in [5.74, 6) is 0.759. The molecule has 0 saturated heterocycles. The standard InChI is InChI=1S/C19H21N3O3S/c1-13-11-16(14(2)22(13)9-10-24-3)17(23)12-26-19-21-20-18(25-19)15-7-5-4-6-8-15/h4-8,11H,9-10,12H2,1-3H3. The number of aryl methyl sites for hydroxylation is 1. The highest BCUT2D eigenvalue weighted by atomic mass is 32.2. The summed E-state index contributed by atoms with van der Waals surface area (Å²) in [4.78, 5) is 12.6. The van der Waals surface area contributed by atoms with E-state index in [0.717, 1.165) is 29.1 Å². The van der Waals surface area contributed by atoms with Crippen LogP contribution in [0.5, 0.6) is 0 Å². The number of ketones is 1. The van der Waals surface area contributed by atoms with Gasteiger partial charge in [-0.3, -0.25) is 4.79 Å². The largest absolute Gasteiger partial charge is 0.411 e. The van der Waals surface area contributed by atoms with E-state index in [0.29, 0.717) is 17.7 Å². The maximum absolute atomic E-state index is 12.6. The lowest BCUT2D eigenvalue weighted by atomic mass is 10.2. The van der Waals surface area contributed by atoms with E-state index in [1.165, 1.54) is 11.8 Å². The molecule has 6 nitrogen and oxygen atoms in total. The molecule has 3 rings (SSSR count). The van der Waals surface area contributed by atoms with Crippen LogP contribution in [0, 0.1) is 13.8 Å². The molecule has 0 spiro atoms. The van der Waals surface area contributed by atoms with Crippen LogP contribution in [0.4, 0.5) is 0 Å². The van der Waals surface area contributed by atoms with Gasteiger partial charge in [-0.05, 0) is 32.0 Å². The Balaban J connectivity index is 1.65. The molecule has 0 bridgehead atoms. The van der Waals surface area contributed by atoms with Crippen LogP contribution in [0.3, 0.4) is 0 Å². The van der Waals surface area contributed by atoms with Crippen molar-refractivity contribution < 1.29 is 13.9 Å². The van der Waals surface area contributed by atoms with Gasteiger partial charge in [0.1, 0.15) is 0 Å². The molecule has 1 aromatic carbocycles. The predicted molar refractivity (Wildman–Crippen MR) is 101 cm³/mol. The van der Waals surface area contributed by atoms with Crippen molar-refractivity contribution in [1.29, 1.82) is 0 Å². The van der Waals surface area contributed by atoms with Crippen LogP contribution in [0.1, 0.15) is 21.7 Å². The summed E-state index contributed by atoms with van der Waals surface area (Å²) in [6, 6.07) is 11.5. The Hall–Kier alpha value is -2.38. The molecule has 0 aliphatic rings. The third-order valence-corrected chi connectivity index (χ3v) is 4.97. The van der Waals surface area contributed by atoms with Gasteiger partial charge in [-0.15, -0.1) is 10.2 Å². The van der Waals surface area contributed by atoms with Crippen molar-refractivity contribution in [3.63, 3.8) is 0 Å². The first kappa shape index (κ1) is 18.4. The van der Waals surface area contributed by atoms with E-state index in [1.807, 2.05) is 50.2 Å². The molecule has 7 heteroatoms. The van der Waals surface area contributed by atoms with Crippen LogP contribution < -0.4 is 0 Å². The Morgan fingerprint density at radius 1 is 1.23 bits per heavy atom. The summed E-state index contributed by atoms with van der Waals surface area (Å²) in [6.45, 7) is 5.30. The summed E-state index contributed by atoms with van der Waals surface area (Å²) in [5, 5.41) is 8.45. The van der Waals surface area contributed by atoms with E-state index in [2.05, 4.69) is 14.8 Å². The highest BCUT2D eigenvalue weighted by Gasteiger charge is 2.17. The molecule has 0 aliphatic carbocycles. The van der Waals surface area contributed by atoms with Gasteiger partial charge in [-0.25, -0.2) is 0 Å². The molecule has 0 aliphatic heterocycles. The summed E-state index contributed by atoms with van der Waals surface area (Å²) >= 11 is 1.26. The number of ether oxygens (including phenoxy) is 1. The lowest BCUT2D eigenvalue weighted by molar-refractivity contribution is 0.102. The SMILES string of the molecule is COCCn1c(C)cc(C(=O)CSc2nnc(-c3ccccc3)o2)c1C. The molecule has 0 atom stereocenters. The predicted octanol–water partition coefficient (Wildman–Crippen LogP) is 3.78. The zero-order chi connectivity index (χ0) is 18.5. The third kappa shape index (κ3) is 4.05. The first-order chi connectivity index (χ1) is 12.6. The van der Waals surface area contributed by atoms with Crippen LogP contribution in [-0.4, -0.2) is 40.0 Å². The second-order valence-corrected chi connectivity index (χ2v) is 6.81. The number of aromatic nitrogens is 3. The minimum absolute atomic E-state index is 0.0474. The van der Waals surface area contributed by atoms with E-state index < -0.39 is 0 Å². The number of carbonyl (C=O) groups is 1. The van der Waals surface area contributed by atoms with E-state index in [9.17, 15) is 4.79 Å². The van der Waals surface area contributed by atoms with Gasteiger partial charge >= 0.3 is 0 Å². The molecule has 0 radical (unpaired) electrons. The average Bonchev–Trinajstić information content (AvgIpc) is 3.24. The van der Waals surface area contributed by atoms with Crippen LogP contribution in [0.2, 0.25) is 0 Å². The van der Waals surface area contributed by atoms with Crippen LogP contribution in [-0.2, 0) is 11.3 Å². The molecular formula is C19H21N3O3S. The number of thioether (sulfide) groups is 1. The second-order valence-electron chi connectivity index (χ2n) is 5.88. The lowest BCUT2D eigenvalue weighted by Crippen LogP contribution is -2.09. The Bertz CT molecular complexity index is 887. The molecule has 0 fully saturated rings. The van der Waals surface area contributed by atoms with Crippen molar-refractivity contribution in [2.75, 3.05) is 19.5 Å². The minimum Gasteiger partial charge on any atom is -0.411 e. The van der Waals surface area contributed by atoms with Gasteiger partial charge in [-0.1, -0.05) is 30.0 Å². The van der Waals surface area contributed by atoms with Gasteiger partial charge in [0, 0.05) is 36.2 Å². The van der Waals surface area contributed by atoms with Crippen LogP contribution in [0.25, 0.3) is 11.5 Å². The van der Waals surface area contributed by atoms with Gasteiger partial charge in [0.2, 0.25) is 5.89 Å². The molecule has 26 heavy (non-hydrogen) atoms. The first-order valence-electron chi connectivity index (χ1n) is 8.30. The molecule has 2 heterocycles. The molecular weight excluding hydrogens is 350 g/mol. The highest BCUT2D eigenvalue weighted by Crippen LogP contribution is 2.24. The van der Waals surface area contributed by atoms with Crippen molar-refractivity contribution in [2.45, 2.75) is 25.6 Å². The normalized spacial score (nSPS) is 11.0. The van der Waals surface area contributed by atoms with Crippen molar-refractivity contribution in [3.8, 4) is 11.5 Å². The maximum Gasteiger partial charge on any atom is 0.277 e. The number of carbonyl (C=O) groups excluding carboxylic acids is 1. The number of benzene rings is 1. The molecule has 136 valence electrons. The van der Waals surface area contributed by atoms with E-state index in [1.54, 1.807) is 7.11 Å². The Kier molecular flexibility index (Phi) is 5.90. The fraction of sp³-hybridized carbons (Fsp3) is 0.316. The maximum atomic E-state index is 12.6. The molecule has 0 unspecified atom stereocenters. The Morgan fingerprint density at radius 2 is 2.00 bits per heavy atom. The number of rotatable bonds is 8. The Labute approximate surface area is 156 Å². The molecule has 2 aromatic heterocycles. The zero-order valence-electron chi connectivity index (χ0n) is 15.1. The molecule has 0 saturated carbocycles. The quantitative estimate of drug-likeness (QED) is 0.443. The second kappa shape index (κ2) is 8.33. The monoisotopic (exact) mass is 371 g/mol. The number of hydrogen-bond donors (Lipinski definition) is 0. The summed E-state index contributed by atoms with van der Waals surface area (Å²) in [6.07, 6.45) is 0. The van der Waals surface area contributed by atoms with E-state index in [-0.39, 0.29) is 11.5 Å². The summed E-state index contributed by atoms with van der Waals surface area (Å²) in [7, 11) is 1.67. The fourth-order valence-corrected chi connectivity index (χ4v) is 3.43. The van der Waals surface area contributed by atoms with E-state index >= 15 is 0 Å². The Morgan fingerprint density at radius 3 is 2.73 bits per heavy atom. The lowest BCUT2D eigenvalue weighted by Gasteiger charge is -2.08. The number of hydrogen-bond acceptors (Lipinski definition) is 6. The zero-order valence-corrected chi connectivity index (χ0v) is 15.9. The summed E-state index contributed by atoms with van der Waals surface area (Å²) in [5.41, 5.74) is 3.60. The van der Waals surface area contributed by atoms with Gasteiger partial charge in [0.15, 0.2) is 5.78 Å². The van der Waals surface area contributed by atoms with Gasteiger partial charge in [-0.2, -0.15) is 0 Å². The van der Waals surface area contributed by atoms with Crippen molar-refractivity contribution >= 4 is 17.5 Å². The number of Topliss-reactive ketones (excluding diaryl/α,β-unsaturated/α-hetero) is 1. The highest BCUT2D eigenvalue weighted by molar-refractivity contribution is 7.99. The first-order valence-corrected chi connectivity index (χ1v) is 9.29. The average molecular weight is 371 g/mol. The van der Waals surface area contributed by atoms with Crippen molar-refractivity contribution in [1.82, 2.24) is 14.8 Å². The van der Waals surface area contributed by atoms with Gasteiger partial charge < -0.3 is 13.7 Å². The minimum atomic E-state index is 0.0474. The smallest absolute Gasteiger partial charge is 0.277 e. The molecule has 0 N–H and O–H groups in total. The third-order valence-electron chi connectivity index (χ3n) is 4.15. The molecule has 3 aromatic rings. The topological polar surface area (TPSA) is 70.2 Å². The fourth-order valence-electron chi connectivity index (χ4n) is 2.78. The summed E-state index contributed by atoms with van der Waals surface area (Å²) < 4.78 is 12.9. The van der Waals surface area contributed by atoms with E-state index in [4.69, 9.17) is 9.15 Å². The molecule has 0 amide bonds. The van der Waals surface area contributed by atoms with Gasteiger partial charge in [0.25, 0.3) is 5.22 Å². The number of nitrogens with zero attached hydrogens (tertiary/aromatic N) is 3. The number of methoxy groups -OCH3 is 1. The van der Waals surface area contributed by atoms with Crippen LogP contribution in [0.15, 0.2) is 46.0 Å². The van der Waals surface area contributed by atoms with Gasteiger partial charge in [0.05, 0.1) is 12.4 Å². The van der Waals surface area contributed by atoms with Crippen LogP contribution >= 0.6 is 11.8 Å². The van der Waals surface area contributed by atoms with Crippen molar-refractivity contribution in [2.24, 2.45) is 0 Å². The van der Waals surface area contributed by atoms with Crippen molar-refractivity contribution in [3.05, 3.63) is 53.3 Å².